The molecule has 35 heavy (non-hydrogen) atoms. The van der Waals surface area contributed by atoms with Crippen molar-refractivity contribution < 1.29 is 9.59 Å². The number of aromatic nitrogens is 1. The van der Waals surface area contributed by atoms with Crippen LogP contribution in [0.25, 0.3) is 10.9 Å². The van der Waals surface area contributed by atoms with E-state index in [1.165, 1.54) is 17.5 Å². The zero-order valence-electron chi connectivity index (χ0n) is 20.3. The molecule has 1 aliphatic heterocycles. The van der Waals surface area contributed by atoms with Crippen molar-refractivity contribution in [3.63, 3.8) is 0 Å². The van der Waals surface area contributed by atoms with E-state index in [4.69, 9.17) is 0 Å². The predicted molar refractivity (Wildman–Crippen MR) is 137 cm³/mol. The lowest BCUT2D eigenvalue weighted by Crippen LogP contribution is -2.44. The summed E-state index contributed by atoms with van der Waals surface area (Å²) in [5, 5.41) is 10.1. The van der Waals surface area contributed by atoms with E-state index in [1.807, 2.05) is 42.5 Å². The van der Waals surface area contributed by atoms with Crippen molar-refractivity contribution in [1.29, 1.82) is 5.26 Å². The Morgan fingerprint density at radius 3 is 2.63 bits per heavy atom. The highest BCUT2D eigenvalue weighted by atomic mass is 16.2. The van der Waals surface area contributed by atoms with E-state index in [0.717, 1.165) is 74.6 Å². The van der Waals surface area contributed by atoms with Crippen LogP contribution in [-0.4, -0.2) is 34.4 Å². The number of amides is 1. The van der Waals surface area contributed by atoms with Gasteiger partial charge in [0.25, 0.3) is 0 Å². The topological polar surface area (TPSA) is 78.1 Å². The second-order valence-electron chi connectivity index (χ2n) is 10.1. The van der Waals surface area contributed by atoms with Crippen molar-refractivity contribution in [3.8, 4) is 6.07 Å². The molecule has 1 aromatic heterocycles. The Kier molecular flexibility index (Phi) is 6.44. The molecular weight excluding hydrogens is 436 g/mol. The van der Waals surface area contributed by atoms with Crippen molar-refractivity contribution >= 4 is 22.6 Å². The summed E-state index contributed by atoms with van der Waals surface area (Å²) in [5.41, 5.74) is 7.34. The minimum absolute atomic E-state index is 0.0251. The number of carbonyl (C=O) groups is 2. The van der Waals surface area contributed by atoms with Crippen LogP contribution in [0, 0.1) is 16.7 Å². The molecule has 1 N–H and O–H groups in total. The molecule has 2 heterocycles. The monoisotopic (exact) mass is 468 g/mol. The second-order valence-corrected chi connectivity index (χ2v) is 10.1. The number of rotatable bonds is 6. The van der Waals surface area contributed by atoms with Crippen molar-refractivity contribution in [3.05, 3.63) is 70.9 Å². The van der Waals surface area contributed by atoms with E-state index >= 15 is 0 Å². The van der Waals surface area contributed by atoms with Gasteiger partial charge in [0.05, 0.1) is 22.6 Å². The maximum Gasteiger partial charge on any atom is 0.245 e. The number of ketones is 1. The Balaban J connectivity index is 1.34. The van der Waals surface area contributed by atoms with Gasteiger partial charge < -0.3 is 0 Å². The largest absolute Gasteiger partial charge is 0.299 e. The maximum absolute atomic E-state index is 13.9. The molecule has 1 aliphatic carbocycles. The van der Waals surface area contributed by atoms with E-state index in [-0.39, 0.29) is 11.7 Å². The van der Waals surface area contributed by atoms with Gasteiger partial charge in [-0.05, 0) is 67.6 Å². The Morgan fingerprint density at radius 2 is 1.86 bits per heavy atom. The molecule has 0 radical (unpaired) electrons. The van der Waals surface area contributed by atoms with Gasteiger partial charge in [0.15, 0.2) is 5.78 Å². The molecule has 1 fully saturated rings. The van der Waals surface area contributed by atoms with Crippen LogP contribution in [-0.2, 0) is 17.8 Å². The normalized spacial score (nSPS) is 17.5. The van der Waals surface area contributed by atoms with Crippen molar-refractivity contribution in [2.24, 2.45) is 5.41 Å². The lowest BCUT2D eigenvalue weighted by atomic mass is 9.71. The second kappa shape index (κ2) is 9.67. The molecule has 0 atom stereocenters. The lowest BCUT2D eigenvalue weighted by Gasteiger charge is -2.38. The van der Waals surface area contributed by atoms with Gasteiger partial charge in [0, 0.05) is 25.4 Å². The standard InChI is InChI=1S/C29H32N4O2/c1-21(34)27-18-24-7-3-4-8-26(24)33(27)31-28(35)29(12-5-2-6-13-29)14-16-32-15-11-23-17-22(19-30)9-10-25(23)20-32/h3-4,7-10,17-18H,2,5-6,11-16,20H2,1H3,(H,31,35). The van der Waals surface area contributed by atoms with Crippen LogP contribution in [0.1, 0.15) is 72.6 Å². The van der Waals surface area contributed by atoms with Crippen LogP contribution < -0.4 is 5.43 Å². The van der Waals surface area contributed by atoms with E-state index in [9.17, 15) is 14.9 Å². The Hall–Kier alpha value is -3.43. The number of hydrogen-bond acceptors (Lipinski definition) is 4. The Labute approximate surface area is 206 Å². The summed E-state index contributed by atoms with van der Waals surface area (Å²) in [4.78, 5) is 28.6. The minimum Gasteiger partial charge on any atom is -0.299 e. The highest BCUT2D eigenvalue weighted by molar-refractivity contribution is 6.01. The maximum atomic E-state index is 13.9. The smallest absolute Gasteiger partial charge is 0.245 e. The fraction of sp³-hybridized carbons (Fsp3) is 0.414. The molecule has 180 valence electrons. The number of benzene rings is 2. The summed E-state index contributed by atoms with van der Waals surface area (Å²) in [5.74, 6) is -0.0390. The third-order valence-electron chi connectivity index (χ3n) is 7.91. The predicted octanol–water partition coefficient (Wildman–Crippen LogP) is 5.18. The van der Waals surface area contributed by atoms with Gasteiger partial charge >= 0.3 is 0 Å². The first-order valence-corrected chi connectivity index (χ1v) is 12.7. The Morgan fingerprint density at radius 1 is 1.06 bits per heavy atom. The van der Waals surface area contributed by atoms with E-state index in [1.54, 1.807) is 11.6 Å². The lowest BCUT2D eigenvalue weighted by molar-refractivity contribution is -0.129. The first kappa shape index (κ1) is 23.3. The summed E-state index contributed by atoms with van der Waals surface area (Å²) in [6.07, 6.45) is 6.77. The summed E-state index contributed by atoms with van der Waals surface area (Å²) in [7, 11) is 0. The molecule has 0 unspecified atom stereocenters. The molecule has 1 amide bonds. The third kappa shape index (κ3) is 4.61. The summed E-state index contributed by atoms with van der Waals surface area (Å²) in [6.45, 7) is 4.20. The average Bonchev–Trinajstić information content (AvgIpc) is 3.26. The number of para-hydroxylation sites is 1. The molecule has 1 saturated carbocycles. The molecule has 0 bridgehead atoms. The van der Waals surface area contributed by atoms with Gasteiger partial charge in [-0.15, -0.1) is 0 Å². The molecule has 6 heteroatoms. The van der Waals surface area contributed by atoms with E-state index in [2.05, 4.69) is 22.5 Å². The number of hydrogen-bond donors (Lipinski definition) is 1. The number of nitrogens with zero attached hydrogens (tertiary/aromatic N) is 3. The Bertz CT molecular complexity index is 1310. The summed E-state index contributed by atoms with van der Waals surface area (Å²) >= 11 is 0. The fourth-order valence-electron chi connectivity index (χ4n) is 5.82. The first-order valence-electron chi connectivity index (χ1n) is 12.7. The third-order valence-corrected chi connectivity index (χ3v) is 7.91. The van der Waals surface area contributed by atoms with Crippen molar-refractivity contribution in [2.75, 3.05) is 18.5 Å². The summed E-state index contributed by atoms with van der Waals surface area (Å²) in [6, 6.07) is 17.8. The van der Waals surface area contributed by atoms with Gasteiger partial charge in [-0.1, -0.05) is 43.5 Å². The van der Waals surface area contributed by atoms with Gasteiger partial charge in [-0.3, -0.25) is 19.9 Å². The summed E-state index contributed by atoms with van der Waals surface area (Å²) < 4.78 is 1.69. The zero-order chi connectivity index (χ0) is 24.4. The van der Waals surface area contributed by atoms with Gasteiger partial charge in [-0.25, -0.2) is 4.68 Å². The molecule has 6 nitrogen and oxygen atoms in total. The zero-order valence-corrected chi connectivity index (χ0v) is 20.3. The quantitative estimate of drug-likeness (QED) is 0.506. The number of nitrogens with one attached hydrogen (secondary N) is 1. The van der Waals surface area contributed by atoms with Crippen molar-refractivity contribution in [1.82, 2.24) is 9.58 Å². The van der Waals surface area contributed by atoms with E-state index in [0.29, 0.717) is 5.69 Å². The van der Waals surface area contributed by atoms with Gasteiger partial charge in [-0.2, -0.15) is 5.26 Å². The number of nitriles is 1. The number of Topliss-reactive ketones (excluding diaryl/α,β-unsaturated/α-hetero) is 1. The molecule has 2 aliphatic rings. The molecule has 3 aromatic rings. The minimum atomic E-state index is -0.428. The van der Waals surface area contributed by atoms with Crippen LogP contribution >= 0.6 is 0 Å². The first-order chi connectivity index (χ1) is 17.0. The highest BCUT2D eigenvalue weighted by Crippen LogP contribution is 2.40. The average molecular weight is 469 g/mol. The van der Waals surface area contributed by atoms with Crippen LogP contribution in [0.4, 0.5) is 0 Å². The fourth-order valence-corrected chi connectivity index (χ4v) is 5.82. The molecular formula is C29H32N4O2. The molecule has 5 rings (SSSR count). The SMILES string of the molecule is CC(=O)c1cc2ccccc2n1NC(=O)C1(CCN2CCc3cc(C#N)ccc3C2)CCCCC1. The molecule has 2 aromatic carbocycles. The number of fused-ring (bicyclic) bond motifs is 2. The van der Waals surface area contributed by atoms with Crippen LogP contribution in [0.5, 0.6) is 0 Å². The number of carbonyl (C=O) groups excluding carboxylic acids is 2. The van der Waals surface area contributed by atoms with Crippen LogP contribution in [0.2, 0.25) is 0 Å². The van der Waals surface area contributed by atoms with Gasteiger partial charge in [0.1, 0.15) is 5.69 Å². The van der Waals surface area contributed by atoms with Crippen molar-refractivity contribution in [2.45, 2.75) is 58.4 Å². The van der Waals surface area contributed by atoms with Crippen LogP contribution in [0.3, 0.4) is 0 Å². The molecule has 0 saturated heterocycles. The van der Waals surface area contributed by atoms with Crippen LogP contribution in [0.15, 0.2) is 48.5 Å². The highest BCUT2D eigenvalue weighted by Gasteiger charge is 2.40. The molecule has 0 spiro atoms. The van der Waals surface area contributed by atoms with E-state index < -0.39 is 5.41 Å². The van der Waals surface area contributed by atoms with Gasteiger partial charge in [0.2, 0.25) is 5.91 Å².